The molecule has 1 aromatic heterocycles. The normalized spacial score (nSPS) is 17.5. The lowest BCUT2D eigenvalue weighted by Crippen LogP contribution is -2.47. The van der Waals surface area contributed by atoms with Crippen LogP contribution in [0.5, 0.6) is 0 Å². The monoisotopic (exact) mass is 278 g/mol. The first kappa shape index (κ1) is 15.2. The van der Waals surface area contributed by atoms with Crippen molar-refractivity contribution in [2.24, 2.45) is 0 Å². The summed E-state index contributed by atoms with van der Waals surface area (Å²) in [5, 5.41) is 0. The lowest BCUT2D eigenvalue weighted by Gasteiger charge is -2.35. The highest BCUT2D eigenvalue weighted by Gasteiger charge is 2.20. The molecule has 0 bridgehead atoms. The summed E-state index contributed by atoms with van der Waals surface area (Å²) >= 11 is 0. The molecule has 2 rings (SSSR count). The molecule has 0 radical (unpaired) electrons. The van der Waals surface area contributed by atoms with Crippen molar-refractivity contribution >= 4 is 5.82 Å². The van der Waals surface area contributed by atoms with Crippen molar-refractivity contribution in [3.63, 3.8) is 0 Å². The molecule has 112 valence electrons. The zero-order valence-corrected chi connectivity index (χ0v) is 13.1. The molecule has 0 atom stereocenters. The first-order valence-electron chi connectivity index (χ1n) is 7.29. The summed E-state index contributed by atoms with van der Waals surface area (Å²) in [7, 11) is 1.75. The third kappa shape index (κ3) is 3.90. The van der Waals surface area contributed by atoms with E-state index in [9.17, 15) is 0 Å². The molecule has 0 aromatic carbocycles. The van der Waals surface area contributed by atoms with Gasteiger partial charge in [-0.1, -0.05) is 20.8 Å². The van der Waals surface area contributed by atoms with Crippen molar-refractivity contribution in [2.45, 2.75) is 26.2 Å². The van der Waals surface area contributed by atoms with Crippen molar-refractivity contribution in [3.8, 4) is 0 Å². The van der Waals surface area contributed by atoms with Gasteiger partial charge in [0.2, 0.25) is 0 Å². The Labute approximate surface area is 122 Å². The summed E-state index contributed by atoms with van der Waals surface area (Å²) in [6.45, 7) is 12.4. The summed E-state index contributed by atoms with van der Waals surface area (Å²) in [6.07, 6.45) is 3.82. The second-order valence-corrected chi connectivity index (χ2v) is 6.33. The van der Waals surface area contributed by atoms with Crippen LogP contribution < -0.4 is 4.90 Å². The molecule has 0 spiro atoms. The van der Waals surface area contributed by atoms with Crippen LogP contribution in [0.4, 0.5) is 5.82 Å². The van der Waals surface area contributed by atoms with Gasteiger partial charge in [-0.25, -0.2) is 4.98 Å². The molecule has 0 saturated carbocycles. The average molecular weight is 278 g/mol. The van der Waals surface area contributed by atoms with Crippen LogP contribution in [0.1, 0.15) is 26.5 Å². The predicted molar refractivity (Wildman–Crippen MR) is 81.3 cm³/mol. The Balaban J connectivity index is 1.90. The number of hydrogen-bond acceptors (Lipinski definition) is 5. The van der Waals surface area contributed by atoms with Gasteiger partial charge in [0, 0.05) is 45.2 Å². The van der Waals surface area contributed by atoms with Gasteiger partial charge in [0.25, 0.3) is 0 Å². The topological polar surface area (TPSA) is 41.5 Å². The van der Waals surface area contributed by atoms with Crippen molar-refractivity contribution in [2.75, 3.05) is 51.3 Å². The maximum Gasteiger partial charge on any atom is 0.147 e. The highest BCUT2D eigenvalue weighted by Crippen LogP contribution is 2.20. The lowest BCUT2D eigenvalue weighted by molar-refractivity contribution is 0.144. The molecule has 0 unspecified atom stereocenters. The van der Waals surface area contributed by atoms with E-state index in [1.54, 1.807) is 7.11 Å². The Morgan fingerprint density at radius 3 is 2.30 bits per heavy atom. The maximum absolute atomic E-state index is 5.12. The van der Waals surface area contributed by atoms with E-state index in [0.717, 1.165) is 50.8 Å². The second kappa shape index (κ2) is 6.50. The fourth-order valence-electron chi connectivity index (χ4n) is 2.29. The maximum atomic E-state index is 5.12. The zero-order chi connectivity index (χ0) is 14.6. The van der Waals surface area contributed by atoms with Crippen molar-refractivity contribution in [1.29, 1.82) is 0 Å². The fraction of sp³-hybridized carbons (Fsp3) is 0.733. The zero-order valence-electron chi connectivity index (χ0n) is 13.1. The Morgan fingerprint density at radius 2 is 1.80 bits per heavy atom. The molecule has 0 aliphatic carbocycles. The van der Waals surface area contributed by atoms with Crippen LogP contribution in [-0.2, 0) is 10.2 Å². The number of anilines is 1. The Kier molecular flexibility index (Phi) is 4.94. The average Bonchev–Trinajstić information content (AvgIpc) is 2.45. The van der Waals surface area contributed by atoms with Crippen LogP contribution in [0, 0.1) is 0 Å². The molecule has 1 saturated heterocycles. The van der Waals surface area contributed by atoms with Crippen molar-refractivity contribution in [1.82, 2.24) is 14.9 Å². The highest BCUT2D eigenvalue weighted by atomic mass is 16.5. The number of methoxy groups -OCH3 is 1. The van der Waals surface area contributed by atoms with Crippen LogP contribution in [-0.4, -0.2) is 61.3 Å². The molecule has 0 amide bonds. The molecule has 2 heterocycles. The minimum absolute atomic E-state index is 0.0599. The van der Waals surface area contributed by atoms with E-state index in [1.165, 1.54) is 0 Å². The van der Waals surface area contributed by atoms with Crippen LogP contribution in [0.3, 0.4) is 0 Å². The summed E-state index contributed by atoms with van der Waals surface area (Å²) < 4.78 is 5.12. The minimum atomic E-state index is 0.0599. The van der Waals surface area contributed by atoms with E-state index in [0.29, 0.717) is 0 Å². The molecule has 1 aromatic rings. The molecule has 1 fully saturated rings. The number of aromatic nitrogens is 2. The summed E-state index contributed by atoms with van der Waals surface area (Å²) in [5.41, 5.74) is 1.10. The fourth-order valence-corrected chi connectivity index (χ4v) is 2.29. The Hall–Kier alpha value is -1.20. The van der Waals surface area contributed by atoms with Gasteiger partial charge in [-0.3, -0.25) is 9.88 Å². The molecule has 1 aliphatic heterocycles. The quantitative estimate of drug-likeness (QED) is 0.836. The van der Waals surface area contributed by atoms with Gasteiger partial charge in [0.05, 0.1) is 24.7 Å². The third-order valence-corrected chi connectivity index (χ3v) is 3.71. The number of ether oxygens (including phenoxy) is 1. The summed E-state index contributed by atoms with van der Waals surface area (Å²) in [5.74, 6) is 0.990. The first-order valence-corrected chi connectivity index (χ1v) is 7.29. The number of hydrogen-bond donors (Lipinski definition) is 0. The standard InChI is InChI=1S/C15H26N4O/c1-15(2,3)13-11-17-14(12-16-13)19-7-5-18(6-8-19)9-10-20-4/h11-12H,5-10H2,1-4H3. The van der Waals surface area contributed by atoms with E-state index in [2.05, 4.69) is 40.5 Å². The lowest BCUT2D eigenvalue weighted by atomic mass is 9.93. The Bertz CT molecular complexity index is 405. The SMILES string of the molecule is COCCN1CCN(c2cnc(C(C)(C)C)cn2)CC1. The van der Waals surface area contributed by atoms with E-state index in [1.807, 2.05) is 12.4 Å². The number of rotatable bonds is 4. The minimum Gasteiger partial charge on any atom is -0.383 e. The van der Waals surface area contributed by atoms with E-state index in [4.69, 9.17) is 4.74 Å². The van der Waals surface area contributed by atoms with E-state index in [-0.39, 0.29) is 5.41 Å². The van der Waals surface area contributed by atoms with Gasteiger partial charge in [-0.2, -0.15) is 0 Å². The van der Waals surface area contributed by atoms with Gasteiger partial charge in [0.15, 0.2) is 0 Å². The van der Waals surface area contributed by atoms with Crippen molar-refractivity contribution in [3.05, 3.63) is 18.1 Å². The van der Waals surface area contributed by atoms with Crippen LogP contribution in [0.2, 0.25) is 0 Å². The smallest absolute Gasteiger partial charge is 0.147 e. The van der Waals surface area contributed by atoms with Gasteiger partial charge in [0.1, 0.15) is 5.82 Å². The van der Waals surface area contributed by atoms with E-state index < -0.39 is 0 Å². The van der Waals surface area contributed by atoms with E-state index >= 15 is 0 Å². The molecule has 1 aliphatic rings. The van der Waals surface area contributed by atoms with Gasteiger partial charge in [-0.15, -0.1) is 0 Å². The number of piperazine rings is 1. The van der Waals surface area contributed by atoms with Crippen LogP contribution in [0.25, 0.3) is 0 Å². The third-order valence-electron chi connectivity index (χ3n) is 3.71. The summed E-state index contributed by atoms with van der Waals surface area (Å²) in [6, 6.07) is 0. The van der Waals surface area contributed by atoms with Crippen LogP contribution in [0.15, 0.2) is 12.4 Å². The summed E-state index contributed by atoms with van der Waals surface area (Å²) in [4.78, 5) is 13.9. The molecular weight excluding hydrogens is 252 g/mol. The molecule has 5 nitrogen and oxygen atoms in total. The molecule has 20 heavy (non-hydrogen) atoms. The largest absolute Gasteiger partial charge is 0.383 e. The predicted octanol–water partition coefficient (Wildman–Crippen LogP) is 1.54. The van der Waals surface area contributed by atoms with Gasteiger partial charge in [-0.05, 0) is 0 Å². The molecule has 0 N–H and O–H groups in total. The molecular formula is C15H26N4O. The van der Waals surface area contributed by atoms with Crippen molar-refractivity contribution < 1.29 is 4.74 Å². The molecule has 5 heteroatoms. The van der Waals surface area contributed by atoms with Gasteiger partial charge < -0.3 is 9.64 Å². The Morgan fingerprint density at radius 1 is 1.10 bits per heavy atom. The van der Waals surface area contributed by atoms with Gasteiger partial charge >= 0.3 is 0 Å². The first-order chi connectivity index (χ1) is 9.50. The highest BCUT2D eigenvalue weighted by molar-refractivity contribution is 5.37. The second-order valence-electron chi connectivity index (χ2n) is 6.33. The number of nitrogens with zero attached hydrogens (tertiary/aromatic N) is 4. The van der Waals surface area contributed by atoms with Crippen LogP contribution >= 0.6 is 0 Å².